The van der Waals surface area contributed by atoms with E-state index >= 15 is 0 Å². The Bertz CT molecular complexity index is 884. The van der Waals surface area contributed by atoms with Crippen molar-refractivity contribution in [1.29, 1.82) is 0 Å². The number of amides is 1. The van der Waals surface area contributed by atoms with Crippen molar-refractivity contribution in [2.75, 3.05) is 6.54 Å². The molecular weight excluding hydrogens is 340 g/mol. The highest BCUT2D eigenvalue weighted by molar-refractivity contribution is 7.89. The minimum atomic E-state index is -3.74. The van der Waals surface area contributed by atoms with Crippen LogP contribution in [0, 0.1) is 11.8 Å². The summed E-state index contributed by atoms with van der Waals surface area (Å²) in [4.78, 5) is 11.6. The second-order valence-electron chi connectivity index (χ2n) is 5.11. The molecule has 2 aromatic carbocycles. The number of primary sulfonamides is 1. The van der Waals surface area contributed by atoms with Crippen LogP contribution >= 0.6 is 0 Å². The lowest BCUT2D eigenvalue weighted by Gasteiger charge is -2.05. The molecule has 0 spiro atoms. The fourth-order valence-corrected chi connectivity index (χ4v) is 2.48. The smallest absolute Gasteiger partial charge is 0.407 e. The largest absolute Gasteiger partial charge is 0.445 e. The summed E-state index contributed by atoms with van der Waals surface area (Å²) in [5.74, 6) is 5.68. The van der Waals surface area contributed by atoms with E-state index in [9.17, 15) is 13.2 Å². The van der Waals surface area contributed by atoms with Crippen molar-refractivity contribution in [1.82, 2.24) is 5.32 Å². The molecule has 6 nitrogen and oxygen atoms in total. The number of hydrogen-bond donors (Lipinski definition) is 2. The Kier molecular flexibility index (Phi) is 6.57. The van der Waals surface area contributed by atoms with E-state index in [0.717, 1.165) is 5.56 Å². The maximum Gasteiger partial charge on any atom is 0.407 e. The van der Waals surface area contributed by atoms with Crippen LogP contribution in [0.5, 0.6) is 0 Å². The topological polar surface area (TPSA) is 98.5 Å². The Morgan fingerprint density at radius 2 is 1.88 bits per heavy atom. The van der Waals surface area contributed by atoms with Crippen molar-refractivity contribution in [3.8, 4) is 11.8 Å². The minimum absolute atomic E-state index is 0.0157. The molecule has 3 N–H and O–H groups in total. The van der Waals surface area contributed by atoms with E-state index in [1.807, 2.05) is 30.3 Å². The third-order valence-corrected chi connectivity index (χ3v) is 4.04. The van der Waals surface area contributed by atoms with E-state index in [1.165, 1.54) is 12.1 Å². The molecule has 0 fully saturated rings. The highest BCUT2D eigenvalue weighted by Crippen LogP contribution is 2.08. The molecule has 0 aliphatic carbocycles. The SMILES string of the molecule is NS(=O)(=O)c1cccc(C#CCCNC(=O)OCc2ccccc2)c1. The maximum absolute atomic E-state index is 11.5. The third-order valence-electron chi connectivity index (χ3n) is 3.13. The zero-order valence-corrected chi connectivity index (χ0v) is 14.3. The molecule has 2 rings (SSSR count). The summed E-state index contributed by atoms with van der Waals surface area (Å²) in [6.45, 7) is 0.536. The fourth-order valence-electron chi connectivity index (χ4n) is 1.92. The van der Waals surface area contributed by atoms with Crippen molar-refractivity contribution in [2.24, 2.45) is 5.14 Å². The number of benzene rings is 2. The van der Waals surface area contributed by atoms with Crippen LogP contribution in [0.4, 0.5) is 4.79 Å². The normalized spacial score (nSPS) is 10.4. The Balaban J connectivity index is 1.75. The van der Waals surface area contributed by atoms with Gasteiger partial charge in [0.05, 0.1) is 4.90 Å². The molecule has 0 saturated carbocycles. The van der Waals surface area contributed by atoms with Crippen LogP contribution in [-0.2, 0) is 21.4 Å². The molecule has 130 valence electrons. The number of nitrogens with one attached hydrogen (secondary N) is 1. The van der Waals surface area contributed by atoms with Crippen LogP contribution in [0.25, 0.3) is 0 Å². The quantitative estimate of drug-likeness (QED) is 0.631. The van der Waals surface area contributed by atoms with E-state index in [1.54, 1.807) is 12.1 Å². The molecule has 0 bridgehead atoms. The number of nitrogens with two attached hydrogens (primary N) is 1. The van der Waals surface area contributed by atoms with E-state index in [-0.39, 0.29) is 11.5 Å². The highest BCUT2D eigenvalue weighted by Gasteiger charge is 2.06. The van der Waals surface area contributed by atoms with Gasteiger partial charge < -0.3 is 10.1 Å². The van der Waals surface area contributed by atoms with Crippen molar-refractivity contribution >= 4 is 16.1 Å². The van der Waals surface area contributed by atoms with Gasteiger partial charge in [-0.15, -0.1) is 0 Å². The van der Waals surface area contributed by atoms with Crippen LogP contribution in [0.3, 0.4) is 0 Å². The molecule has 0 atom stereocenters. The summed E-state index contributed by atoms with van der Waals surface area (Å²) in [5.41, 5.74) is 1.45. The van der Waals surface area contributed by atoms with Crippen LogP contribution in [0.2, 0.25) is 0 Å². The van der Waals surface area contributed by atoms with Crippen molar-refractivity contribution < 1.29 is 17.9 Å². The Morgan fingerprint density at radius 1 is 1.12 bits per heavy atom. The number of carbonyl (C=O) groups excluding carboxylic acids is 1. The number of rotatable bonds is 5. The van der Waals surface area contributed by atoms with Gasteiger partial charge >= 0.3 is 6.09 Å². The summed E-state index contributed by atoms with van der Waals surface area (Å²) in [5, 5.41) is 7.66. The Hall–Kier alpha value is -2.82. The number of carbonyl (C=O) groups is 1. The summed E-state index contributed by atoms with van der Waals surface area (Å²) in [7, 11) is -3.74. The van der Waals surface area contributed by atoms with Crippen molar-refractivity contribution in [3.63, 3.8) is 0 Å². The second kappa shape index (κ2) is 8.87. The molecule has 25 heavy (non-hydrogen) atoms. The molecule has 0 aromatic heterocycles. The lowest BCUT2D eigenvalue weighted by atomic mass is 10.2. The van der Waals surface area contributed by atoms with Crippen LogP contribution in [0.1, 0.15) is 17.5 Å². The first kappa shape index (κ1) is 18.5. The van der Waals surface area contributed by atoms with Gasteiger partial charge in [0.1, 0.15) is 6.61 Å². The average molecular weight is 358 g/mol. The molecular formula is C18H18N2O4S. The van der Waals surface area contributed by atoms with E-state index in [2.05, 4.69) is 17.2 Å². The first-order valence-electron chi connectivity index (χ1n) is 7.51. The molecule has 0 saturated heterocycles. The van der Waals surface area contributed by atoms with Gasteiger partial charge in [0.25, 0.3) is 0 Å². The van der Waals surface area contributed by atoms with Gasteiger partial charge in [0.2, 0.25) is 10.0 Å². The Morgan fingerprint density at radius 3 is 2.60 bits per heavy atom. The number of ether oxygens (including phenoxy) is 1. The van der Waals surface area contributed by atoms with Gasteiger partial charge in [0, 0.05) is 18.5 Å². The number of sulfonamides is 1. The predicted octanol–water partition coefficient (Wildman–Crippen LogP) is 2.00. The monoisotopic (exact) mass is 358 g/mol. The Labute approximate surface area is 147 Å². The molecule has 7 heteroatoms. The third kappa shape index (κ3) is 6.67. The molecule has 0 unspecified atom stereocenters. The van der Waals surface area contributed by atoms with Crippen LogP contribution in [-0.4, -0.2) is 21.1 Å². The van der Waals surface area contributed by atoms with E-state index in [4.69, 9.17) is 9.88 Å². The lowest BCUT2D eigenvalue weighted by Crippen LogP contribution is -2.24. The van der Waals surface area contributed by atoms with Gasteiger partial charge in [-0.3, -0.25) is 0 Å². The molecule has 2 aromatic rings. The zero-order chi connectivity index (χ0) is 18.1. The lowest BCUT2D eigenvalue weighted by molar-refractivity contribution is 0.140. The fraction of sp³-hybridized carbons (Fsp3) is 0.167. The number of hydrogen-bond acceptors (Lipinski definition) is 4. The highest BCUT2D eigenvalue weighted by atomic mass is 32.2. The average Bonchev–Trinajstić information content (AvgIpc) is 2.60. The first-order valence-corrected chi connectivity index (χ1v) is 9.06. The summed E-state index contributed by atoms with van der Waals surface area (Å²) in [6, 6.07) is 15.4. The van der Waals surface area contributed by atoms with Crippen LogP contribution in [0.15, 0.2) is 59.5 Å². The van der Waals surface area contributed by atoms with Gasteiger partial charge in [0.15, 0.2) is 0 Å². The predicted molar refractivity (Wildman–Crippen MR) is 93.9 cm³/mol. The van der Waals surface area contributed by atoms with Gasteiger partial charge in [-0.1, -0.05) is 48.2 Å². The molecule has 0 radical (unpaired) electrons. The maximum atomic E-state index is 11.5. The summed E-state index contributed by atoms with van der Waals surface area (Å²) < 4.78 is 27.6. The van der Waals surface area contributed by atoms with Crippen molar-refractivity contribution in [3.05, 3.63) is 65.7 Å². The summed E-state index contributed by atoms with van der Waals surface area (Å²) >= 11 is 0. The molecule has 1 amide bonds. The molecule has 0 aliphatic rings. The van der Waals surface area contributed by atoms with Crippen LogP contribution < -0.4 is 10.5 Å². The van der Waals surface area contributed by atoms with Gasteiger partial charge in [-0.25, -0.2) is 18.4 Å². The first-order chi connectivity index (χ1) is 11.9. The van der Waals surface area contributed by atoms with Gasteiger partial charge in [-0.05, 0) is 23.8 Å². The van der Waals surface area contributed by atoms with E-state index in [0.29, 0.717) is 18.5 Å². The van der Waals surface area contributed by atoms with Crippen molar-refractivity contribution in [2.45, 2.75) is 17.9 Å². The van der Waals surface area contributed by atoms with Gasteiger partial charge in [-0.2, -0.15) is 0 Å². The standard InChI is InChI=1S/C18H18N2O4S/c19-25(22,23)17-11-6-10-15(13-17)7-4-5-12-20-18(21)24-14-16-8-2-1-3-9-16/h1-3,6,8-11,13H,5,12,14H2,(H,20,21)(H2,19,22,23). The van der Waals surface area contributed by atoms with E-state index < -0.39 is 16.1 Å². The number of alkyl carbamates (subject to hydrolysis) is 1. The molecule has 0 heterocycles. The minimum Gasteiger partial charge on any atom is -0.445 e. The second-order valence-corrected chi connectivity index (χ2v) is 6.67. The molecule has 0 aliphatic heterocycles. The summed E-state index contributed by atoms with van der Waals surface area (Å²) in [6.07, 6.45) is -0.109. The zero-order valence-electron chi connectivity index (χ0n) is 13.4.